The van der Waals surface area contributed by atoms with Crippen LogP contribution in [0, 0.1) is 13.8 Å². The molecule has 0 radical (unpaired) electrons. The van der Waals surface area contributed by atoms with Gasteiger partial charge in [-0.25, -0.2) is 23.1 Å². The van der Waals surface area contributed by atoms with E-state index in [0.29, 0.717) is 11.3 Å². The molecule has 0 bridgehead atoms. The number of halogens is 1. The van der Waals surface area contributed by atoms with Crippen LogP contribution in [0.1, 0.15) is 49.4 Å². The molecule has 156 valence electrons. The fourth-order valence-corrected chi connectivity index (χ4v) is 3.46. The molecule has 11 heteroatoms. The van der Waals surface area contributed by atoms with Crippen molar-refractivity contribution in [2.75, 3.05) is 7.11 Å². The molecule has 3 N–H and O–H groups in total. The van der Waals surface area contributed by atoms with Crippen molar-refractivity contribution < 1.29 is 32.3 Å². The van der Waals surface area contributed by atoms with Gasteiger partial charge in [-0.05, 0) is 44.5 Å². The Morgan fingerprint density at radius 2 is 1.79 bits per heavy atom. The number of sulfonamides is 1. The summed E-state index contributed by atoms with van der Waals surface area (Å²) >= 11 is 5.94. The summed E-state index contributed by atoms with van der Waals surface area (Å²) in [6.45, 7) is 4.50. The minimum atomic E-state index is -4.06. The van der Waals surface area contributed by atoms with Crippen molar-refractivity contribution in [1.82, 2.24) is 4.98 Å². The minimum Gasteiger partial charge on any atom is -0.465 e. The number of carbonyl (C=O) groups excluding carboxylic acids is 3. The van der Waals surface area contributed by atoms with Crippen molar-refractivity contribution in [2.24, 2.45) is 5.14 Å². The van der Waals surface area contributed by atoms with Crippen LogP contribution in [0.5, 0.6) is 0 Å². The Kier molecular flexibility index (Phi) is 6.51. The van der Waals surface area contributed by atoms with Gasteiger partial charge in [-0.3, -0.25) is 4.79 Å². The lowest BCUT2D eigenvalue weighted by atomic mass is 10.1. The number of ketones is 1. The van der Waals surface area contributed by atoms with Gasteiger partial charge in [-0.2, -0.15) is 0 Å². The number of hydrogen-bond donors (Lipinski definition) is 2. The molecule has 0 fully saturated rings. The van der Waals surface area contributed by atoms with Crippen LogP contribution in [-0.2, 0) is 19.5 Å². The summed E-state index contributed by atoms with van der Waals surface area (Å²) in [6.07, 6.45) is -1.25. The van der Waals surface area contributed by atoms with E-state index in [1.807, 2.05) is 0 Å². The number of nitrogens with two attached hydrogens (primary N) is 1. The zero-order valence-corrected chi connectivity index (χ0v) is 17.6. The Labute approximate surface area is 172 Å². The van der Waals surface area contributed by atoms with Crippen molar-refractivity contribution in [3.05, 3.63) is 51.3 Å². The van der Waals surface area contributed by atoms with E-state index in [2.05, 4.69) is 4.98 Å². The molecule has 0 spiro atoms. The van der Waals surface area contributed by atoms with Gasteiger partial charge in [0.25, 0.3) is 0 Å². The van der Waals surface area contributed by atoms with E-state index in [1.54, 1.807) is 13.8 Å². The van der Waals surface area contributed by atoms with Crippen molar-refractivity contribution in [2.45, 2.75) is 31.8 Å². The predicted molar refractivity (Wildman–Crippen MR) is 104 cm³/mol. The SMILES string of the molecule is COC(=O)c1c(C)[nH]c(C(=O)C(C)OC(=O)c2cc(S(N)(=O)=O)ccc2Cl)c1C. The molecule has 2 rings (SSSR count). The van der Waals surface area contributed by atoms with Crippen molar-refractivity contribution in [3.8, 4) is 0 Å². The van der Waals surface area contributed by atoms with Gasteiger partial charge in [0.15, 0.2) is 6.10 Å². The molecule has 1 unspecified atom stereocenters. The Morgan fingerprint density at radius 1 is 1.17 bits per heavy atom. The monoisotopic (exact) mass is 442 g/mol. The number of esters is 2. The van der Waals surface area contributed by atoms with Gasteiger partial charge in [0.2, 0.25) is 15.8 Å². The number of aromatic amines is 1. The van der Waals surface area contributed by atoms with Crippen LogP contribution in [0.4, 0.5) is 0 Å². The second-order valence-electron chi connectivity index (χ2n) is 6.22. The Hall–Kier alpha value is -2.69. The normalized spacial score (nSPS) is 12.3. The average molecular weight is 443 g/mol. The lowest BCUT2D eigenvalue weighted by molar-refractivity contribution is 0.0316. The van der Waals surface area contributed by atoms with Crippen LogP contribution in [-0.4, -0.2) is 44.3 Å². The Bertz CT molecular complexity index is 1110. The van der Waals surface area contributed by atoms with Crippen molar-refractivity contribution >= 4 is 39.3 Å². The topological polar surface area (TPSA) is 146 Å². The first-order valence-corrected chi connectivity index (χ1v) is 10.2. The van der Waals surface area contributed by atoms with Crippen LogP contribution in [0.15, 0.2) is 23.1 Å². The molecule has 2 aromatic rings. The van der Waals surface area contributed by atoms with E-state index < -0.39 is 33.8 Å². The first-order valence-electron chi connectivity index (χ1n) is 8.23. The molecule has 0 aliphatic carbocycles. The summed E-state index contributed by atoms with van der Waals surface area (Å²) in [7, 11) is -2.84. The first-order chi connectivity index (χ1) is 13.4. The van der Waals surface area contributed by atoms with Crippen LogP contribution < -0.4 is 5.14 Å². The maximum Gasteiger partial charge on any atom is 0.340 e. The van der Waals surface area contributed by atoms with E-state index >= 15 is 0 Å². The number of primary sulfonamides is 1. The zero-order chi connectivity index (χ0) is 22.1. The quantitative estimate of drug-likeness (QED) is 0.514. The Morgan fingerprint density at radius 3 is 2.34 bits per heavy atom. The van der Waals surface area contributed by atoms with Crippen LogP contribution in [0.2, 0.25) is 5.02 Å². The number of Topliss-reactive ketones (excluding diaryl/α,β-unsaturated/α-hetero) is 1. The predicted octanol–water partition coefficient (Wildman–Crippen LogP) is 2.15. The zero-order valence-electron chi connectivity index (χ0n) is 16.0. The fraction of sp³-hybridized carbons (Fsp3) is 0.278. The van der Waals surface area contributed by atoms with Gasteiger partial charge in [0.05, 0.1) is 33.8 Å². The van der Waals surface area contributed by atoms with Crippen LogP contribution in [0.3, 0.4) is 0 Å². The average Bonchev–Trinajstić information content (AvgIpc) is 2.93. The molecule has 1 atom stereocenters. The lowest BCUT2D eigenvalue weighted by Gasteiger charge is -2.13. The molecule has 1 heterocycles. The second-order valence-corrected chi connectivity index (χ2v) is 8.18. The van der Waals surface area contributed by atoms with E-state index in [9.17, 15) is 22.8 Å². The number of ether oxygens (including phenoxy) is 2. The highest BCUT2D eigenvalue weighted by Gasteiger charge is 2.28. The molecule has 9 nitrogen and oxygen atoms in total. The maximum atomic E-state index is 12.7. The van der Waals surface area contributed by atoms with E-state index in [4.69, 9.17) is 26.2 Å². The minimum absolute atomic E-state index is 0.0677. The van der Waals surface area contributed by atoms with E-state index in [1.165, 1.54) is 20.1 Å². The van der Waals surface area contributed by atoms with E-state index in [0.717, 1.165) is 12.1 Å². The maximum absolute atomic E-state index is 12.7. The third kappa shape index (κ3) is 4.66. The molecular weight excluding hydrogens is 424 g/mol. The van der Waals surface area contributed by atoms with Crippen molar-refractivity contribution in [1.29, 1.82) is 0 Å². The number of aryl methyl sites for hydroxylation is 1. The summed E-state index contributed by atoms with van der Waals surface area (Å²) in [5.74, 6) is -2.20. The number of rotatable bonds is 6. The highest BCUT2D eigenvalue weighted by atomic mass is 35.5. The summed E-state index contributed by atoms with van der Waals surface area (Å²) in [6, 6.07) is 3.30. The van der Waals surface area contributed by atoms with Gasteiger partial charge in [0.1, 0.15) is 0 Å². The lowest BCUT2D eigenvalue weighted by Crippen LogP contribution is -2.25. The van der Waals surface area contributed by atoms with Gasteiger partial charge >= 0.3 is 11.9 Å². The van der Waals surface area contributed by atoms with E-state index in [-0.39, 0.29) is 26.7 Å². The van der Waals surface area contributed by atoms with Crippen LogP contribution in [0.25, 0.3) is 0 Å². The third-order valence-corrected chi connectivity index (χ3v) is 5.45. The number of benzene rings is 1. The number of methoxy groups -OCH3 is 1. The summed E-state index contributed by atoms with van der Waals surface area (Å²) < 4.78 is 32.8. The third-order valence-electron chi connectivity index (χ3n) is 4.21. The molecule has 0 saturated heterocycles. The second kappa shape index (κ2) is 8.36. The molecule has 0 aliphatic rings. The van der Waals surface area contributed by atoms with Gasteiger partial charge in [-0.1, -0.05) is 11.6 Å². The molecule has 0 amide bonds. The molecule has 1 aromatic carbocycles. The number of nitrogens with one attached hydrogen (secondary N) is 1. The molecule has 1 aromatic heterocycles. The smallest absolute Gasteiger partial charge is 0.340 e. The molecule has 29 heavy (non-hydrogen) atoms. The first kappa shape index (κ1) is 22.6. The molecular formula is C18H19ClN2O7S. The summed E-state index contributed by atoms with van der Waals surface area (Å²) in [4.78, 5) is 39.5. The number of aromatic nitrogens is 1. The summed E-state index contributed by atoms with van der Waals surface area (Å²) in [5, 5.41) is 4.98. The van der Waals surface area contributed by atoms with Crippen LogP contribution >= 0.6 is 11.6 Å². The highest BCUT2D eigenvalue weighted by Crippen LogP contribution is 2.23. The fourth-order valence-electron chi connectivity index (χ4n) is 2.72. The Balaban J connectivity index is 2.29. The largest absolute Gasteiger partial charge is 0.465 e. The number of H-pyrrole nitrogens is 1. The molecule has 0 aliphatic heterocycles. The standard InChI is InChI=1S/C18H19ClN2O7S/c1-8-14(18(24)27-4)9(2)21-15(8)16(22)10(3)28-17(23)12-7-11(29(20,25)26)5-6-13(12)19/h5-7,10,21H,1-4H3,(H2,20,25,26). The number of hydrogen-bond acceptors (Lipinski definition) is 7. The number of carbonyl (C=O) groups is 3. The van der Waals surface area contributed by atoms with Gasteiger partial charge < -0.3 is 14.5 Å². The molecule has 0 saturated carbocycles. The summed E-state index contributed by atoms with van der Waals surface area (Å²) in [5.41, 5.74) is 0.843. The van der Waals surface area contributed by atoms with Gasteiger partial charge in [-0.15, -0.1) is 0 Å². The van der Waals surface area contributed by atoms with Crippen molar-refractivity contribution in [3.63, 3.8) is 0 Å². The highest BCUT2D eigenvalue weighted by molar-refractivity contribution is 7.89. The van der Waals surface area contributed by atoms with Gasteiger partial charge in [0, 0.05) is 5.69 Å².